The van der Waals surface area contributed by atoms with Crippen LogP contribution in [0.1, 0.15) is 107 Å². The van der Waals surface area contributed by atoms with E-state index in [4.69, 9.17) is 14.5 Å². The third kappa shape index (κ3) is 8.48. The summed E-state index contributed by atoms with van der Waals surface area (Å²) in [5.74, 6) is -0.576. The third-order valence-corrected chi connectivity index (χ3v) is 10.1. The Morgan fingerprint density at radius 3 is 2.38 bits per heavy atom. The lowest BCUT2D eigenvalue weighted by atomic mass is 9.81. The zero-order chi connectivity index (χ0) is 35.0. The Bertz CT molecular complexity index is 1640. The van der Waals surface area contributed by atoms with E-state index in [1.807, 2.05) is 54.5 Å². The van der Waals surface area contributed by atoms with Crippen LogP contribution in [0.2, 0.25) is 0 Å². The number of aryl methyl sites for hydroxylation is 2. The molecule has 1 saturated heterocycles. The fraction of sp³-hybridized carbons (Fsp3) is 0.550. The SMILES string of the molecule is Cc1cc(F)ccc1CN1CCc2cc(-c3c(CBr)nc(C)c(C(OC(C)(C)C)C(=O)OC(C)C)c3N3CCC(C)(C)CC3)ccc2C1. The molecule has 1 atom stereocenters. The van der Waals surface area contributed by atoms with Crippen molar-refractivity contribution >= 4 is 27.6 Å². The van der Waals surface area contributed by atoms with E-state index in [2.05, 4.69) is 57.8 Å². The maximum atomic E-state index is 13.9. The first-order valence-electron chi connectivity index (χ1n) is 17.4. The summed E-state index contributed by atoms with van der Waals surface area (Å²) in [5.41, 5.74) is 10.2. The van der Waals surface area contributed by atoms with Crippen LogP contribution in [0.4, 0.5) is 10.1 Å². The van der Waals surface area contributed by atoms with Crippen LogP contribution in [0, 0.1) is 25.1 Å². The van der Waals surface area contributed by atoms with Crippen molar-refractivity contribution in [2.24, 2.45) is 5.41 Å². The Labute approximate surface area is 295 Å². The second-order valence-corrected chi connectivity index (χ2v) is 16.2. The summed E-state index contributed by atoms with van der Waals surface area (Å²) in [6.07, 6.45) is 1.82. The lowest BCUT2D eigenvalue weighted by Crippen LogP contribution is -2.39. The first-order chi connectivity index (χ1) is 22.5. The molecule has 6 nitrogen and oxygen atoms in total. The van der Waals surface area contributed by atoms with Crippen LogP contribution in [0.25, 0.3) is 11.1 Å². The fourth-order valence-corrected chi connectivity index (χ4v) is 7.40. The number of hydrogen-bond acceptors (Lipinski definition) is 6. The lowest BCUT2D eigenvalue weighted by Gasteiger charge is -2.41. The second kappa shape index (κ2) is 14.6. The molecule has 260 valence electrons. The number of esters is 1. The van der Waals surface area contributed by atoms with Gasteiger partial charge in [0.15, 0.2) is 6.10 Å². The first kappa shape index (κ1) is 36.5. The van der Waals surface area contributed by atoms with E-state index in [1.165, 1.54) is 11.1 Å². The number of carbonyl (C=O) groups excluding carboxylic acids is 1. The van der Waals surface area contributed by atoms with Crippen molar-refractivity contribution in [2.45, 2.75) is 118 Å². The molecule has 2 aliphatic rings. The molecular formula is C40H53BrFN3O3. The third-order valence-electron chi connectivity index (χ3n) is 9.62. The number of fused-ring (bicyclic) bond motifs is 1. The molecule has 8 heteroatoms. The standard InChI is InChI=1S/C40H53BrFN3O3/c1-25(2)47-38(46)37(48-39(5,6)7)34-27(4)43-33(22-41)35(36(34)45-18-15-40(8,9)16-19-45)29-10-11-31-24-44(17-14-28(31)21-29)23-30-12-13-32(42)20-26(30)3/h10-13,20-21,25,37H,14-19,22-24H2,1-9H3. The summed E-state index contributed by atoms with van der Waals surface area (Å²) in [5, 5.41) is 0.582. The highest BCUT2D eigenvalue weighted by molar-refractivity contribution is 9.08. The highest BCUT2D eigenvalue weighted by Crippen LogP contribution is 2.46. The molecule has 0 N–H and O–H groups in total. The summed E-state index contributed by atoms with van der Waals surface area (Å²) in [6.45, 7) is 22.6. The van der Waals surface area contributed by atoms with Crippen molar-refractivity contribution in [3.8, 4) is 11.1 Å². The van der Waals surface area contributed by atoms with Crippen LogP contribution in [0.3, 0.4) is 0 Å². The van der Waals surface area contributed by atoms with Crippen molar-refractivity contribution in [3.63, 3.8) is 0 Å². The van der Waals surface area contributed by atoms with E-state index in [-0.39, 0.29) is 23.3 Å². The number of rotatable bonds is 9. The van der Waals surface area contributed by atoms with Crippen LogP contribution in [0.5, 0.6) is 0 Å². The van der Waals surface area contributed by atoms with Crippen LogP contribution in [-0.2, 0) is 39.1 Å². The lowest BCUT2D eigenvalue weighted by molar-refractivity contribution is -0.171. The van der Waals surface area contributed by atoms with Crippen molar-refractivity contribution < 1.29 is 18.7 Å². The summed E-state index contributed by atoms with van der Waals surface area (Å²) in [4.78, 5) is 23.9. The summed E-state index contributed by atoms with van der Waals surface area (Å²) < 4.78 is 26.2. The molecule has 5 rings (SSSR count). The number of aromatic nitrogens is 1. The Balaban J connectivity index is 1.61. The summed E-state index contributed by atoms with van der Waals surface area (Å²) >= 11 is 3.78. The van der Waals surface area contributed by atoms with Gasteiger partial charge in [0, 0.05) is 54.9 Å². The van der Waals surface area contributed by atoms with Gasteiger partial charge in [-0.05, 0) is 113 Å². The second-order valence-electron chi connectivity index (χ2n) is 15.7. The van der Waals surface area contributed by atoms with E-state index < -0.39 is 11.7 Å². The van der Waals surface area contributed by atoms with Crippen molar-refractivity contribution in [1.29, 1.82) is 0 Å². The van der Waals surface area contributed by atoms with Gasteiger partial charge < -0.3 is 14.4 Å². The maximum Gasteiger partial charge on any atom is 0.340 e. The van der Waals surface area contributed by atoms with Crippen LogP contribution in [0.15, 0.2) is 36.4 Å². The van der Waals surface area contributed by atoms with Gasteiger partial charge in [-0.25, -0.2) is 9.18 Å². The average Bonchev–Trinajstić information content (AvgIpc) is 3.00. The Morgan fingerprint density at radius 2 is 1.75 bits per heavy atom. The molecule has 0 radical (unpaired) electrons. The number of carbonyl (C=O) groups is 1. The van der Waals surface area contributed by atoms with Crippen molar-refractivity contribution in [3.05, 3.63) is 81.4 Å². The molecule has 3 aromatic rings. The normalized spacial score (nSPS) is 17.4. The van der Waals surface area contributed by atoms with Gasteiger partial charge in [-0.1, -0.05) is 54.0 Å². The number of ether oxygens (including phenoxy) is 2. The molecule has 0 amide bonds. The fourth-order valence-electron chi connectivity index (χ4n) is 6.99. The Kier molecular flexibility index (Phi) is 11.1. The Hall–Kier alpha value is -2.81. The number of piperidine rings is 1. The number of alkyl halides is 1. The molecule has 0 bridgehead atoms. The zero-order valence-electron chi connectivity index (χ0n) is 30.3. The van der Waals surface area contributed by atoms with E-state index in [0.717, 1.165) is 96.9 Å². The predicted octanol–water partition coefficient (Wildman–Crippen LogP) is 9.39. The maximum absolute atomic E-state index is 13.9. The van der Waals surface area contributed by atoms with Gasteiger partial charge in [-0.2, -0.15) is 0 Å². The predicted molar refractivity (Wildman–Crippen MR) is 196 cm³/mol. The van der Waals surface area contributed by atoms with Gasteiger partial charge >= 0.3 is 5.97 Å². The number of hydrogen-bond donors (Lipinski definition) is 0. The Morgan fingerprint density at radius 1 is 1.04 bits per heavy atom. The molecule has 2 aliphatic heterocycles. The molecule has 2 aromatic carbocycles. The minimum Gasteiger partial charge on any atom is -0.461 e. The van der Waals surface area contributed by atoms with Crippen LogP contribution >= 0.6 is 15.9 Å². The number of benzene rings is 2. The van der Waals surface area contributed by atoms with Gasteiger partial charge in [0.2, 0.25) is 0 Å². The molecule has 0 saturated carbocycles. The smallest absolute Gasteiger partial charge is 0.340 e. The monoisotopic (exact) mass is 721 g/mol. The number of anilines is 1. The van der Waals surface area contributed by atoms with Crippen molar-refractivity contribution in [2.75, 3.05) is 24.5 Å². The highest BCUT2D eigenvalue weighted by Gasteiger charge is 2.38. The van der Waals surface area contributed by atoms with E-state index in [1.54, 1.807) is 12.1 Å². The highest BCUT2D eigenvalue weighted by atomic mass is 79.9. The quantitative estimate of drug-likeness (QED) is 0.162. The number of pyridine rings is 1. The van der Waals surface area contributed by atoms with Gasteiger partial charge in [-0.15, -0.1) is 0 Å². The molecule has 3 heterocycles. The molecule has 0 aliphatic carbocycles. The molecular weight excluding hydrogens is 669 g/mol. The van der Waals surface area contributed by atoms with Gasteiger partial charge in [0.25, 0.3) is 0 Å². The van der Waals surface area contributed by atoms with Crippen LogP contribution < -0.4 is 4.90 Å². The molecule has 1 unspecified atom stereocenters. The van der Waals surface area contributed by atoms with Crippen molar-refractivity contribution in [1.82, 2.24) is 9.88 Å². The molecule has 0 spiro atoms. The van der Waals surface area contributed by atoms with Gasteiger partial charge in [-0.3, -0.25) is 9.88 Å². The van der Waals surface area contributed by atoms with Gasteiger partial charge in [0.1, 0.15) is 5.82 Å². The molecule has 1 aromatic heterocycles. The average molecular weight is 723 g/mol. The number of halogens is 2. The zero-order valence-corrected chi connectivity index (χ0v) is 31.9. The van der Waals surface area contributed by atoms with E-state index in [9.17, 15) is 9.18 Å². The summed E-state index contributed by atoms with van der Waals surface area (Å²) in [6, 6.07) is 11.9. The van der Waals surface area contributed by atoms with E-state index >= 15 is 0 Å². The van der Waals surface area contributed by atoms with Crippen LogP contribution in [-0.4, -0.2) is 47.2 Å². The topological polar surface area (TPSA) is 54.9 Å². The molecule has 1 fully saturated rings. The largest absolute Gasteiger partial charge is 0.461 e. The van der Waals surface area contributed by atoms with Gasteiger partial charge in [0.05, 0.1) is 23.1 Å². The molecule has 48 heavy (non-hydrogen) atoms. The minimum absolute atomic E-state index is 0.190. The summed E-state index contributed by atoms with van der Waals surface area (Å²) in [7, 11) is 0. The minimum atomic E-state index is -0.922. The van der Waals surface area contributed by atoms with E-state index in [0.29, 0.717) is 5.33 Å². The first-order valence-corrected chi connectivity index (χ1v) is 18.5. The number of nitrogens with zero attached hydrogens (tertiary/aromatic N) is 3.